The molecule has 0 radical (unpaired) electrons. The fourth-order valence-corrected chi connectivity index (χ4v) is 2.15. The molecule has 1 saturated carbocycles. The van der Waals surface area contributed by atoms with Gasteiger partial charge >= 0.3 is 11.9 Å². The average Bonchev–Trinajstić information content (AvgIpc) is 2.47. The molecule has 3 unspecified atom stereocenters. The van der Waals surface area contributed by atoms with Crippen molar-refractivity contribution in [3.63, 3.8) is 0 Å². The maximum Gasteiger partial charge on any atom is 0.332 e. The first-order valence-electron chi connectivity index (χ1n) is 6.50. The number of carbonyl (C=O) groups excluding carboxylic acids is 2. The third kappa shape index (κ3) is 5.14. The molecule has 0 amide bonds. The van der Waals surface area contributed by atoms with Crippen LogP contribution in [0.25, 0.3) is 0 Å². The molecule has 0 bridgehead atoms. The number of ether oxygens (including phenoxy) is 3. The highest BCUT2D eigenvalue weighted by Gasteiger charge is 2.33. The predicted octanol–water partition coefficient (Wildman–Crippen LogP) is 1.30. The van der Waals surface area contributed by atoms with Gasteiger partial charge in [-0.05, 0) is 12.8 Å². The first-order chi connectivity index (χ1) is 9.58. The standard InChI is InChI=1S/C14H20O6/c1-3-12(15)19-9-18-11-8-6-5-7-10(11)14(17)20-13(16)4-2/h3-4,10-11,14,17H,1-2,5-9H2. The fraction of sp³-hybridized carbons (Fsp3) is 0.571. The lowest BCUT2D eigenvalue weighted by atomic mass is 9.86. The van der Waals surface area contributed by atoms with Crippen LogP contribution in [0.4, 0.5) is 0 Å². The molecule has 0 aliphatic heterocycles. The maximum absolute atomic E-state index is 11.1. The zero-order valence-corrected chi connectivity index (χ0v) is 11.3. The molecule has 6 nitrogen and oxygen atoms in total. The minimum Gasteiger partial charge on any atom is -0.435 e. The monoisotopic (exact) mass is 284 g/mol. The van der Waals surface area contributed by atoms with Crippen molar-refractivity contribution in [2.45, 2.75) is 38.1 Å². The molecule has 20 heavy (non-hydrogen) atoms. The van der Waals surface area contributed by atoms with E-state index in [-0.39, 0.29) is 18.8 Å². The normalized spacial score (nSPS) is 23.4. The molecular formula is C14H20O6. The number of aliphatic hydroxyl groups excluding tert-OH is 1. The third-order valence-electron chi connectivity index (χ3n) is 3.17. The first-order valence-corrected chi connectivity index (χ1v) is 6.50. The Kier molecular flexibility index (Phi) is 6.97. The van der Waals surface area contributed by atoms with Crippen LogP contribution in [0.1, 0.15) is 25.7 Å². The van der Waals surface area contributed by atoms with Crippen LogP contribution in [0.15, 0.2) is 25.3 Å². The second-order valence-corrected chi connectivity index (χ2v) is 4.47. The summed E-state index contributed by atoms with van der Waals surface area (Å²) in [6.45, 7) is 6.33. The molecule has 0 saturated heterocycles. The van der Waals surface area contributed by atoms with Crippen LogP contribution in [0.2, 0.25) is 0 Å². The highest BCUT2D eigenvalue weighted by Crippen LogP contribution is 2.30. The van der Waals surface area contributed by atoms with Crippen LogP contribution in [0.5, 0.6) is 0 Å². The Morgan fingerprint density at radius 3 is 2.50 bits per heavy atom. The predicted molar refractivity (Wildman–Crippen MR) is 70.3 cm³/mol. The van der Waals surface area contributed by atoms with E-state index in [0.29, 0.717) is 12.8 Å². The lowest BCUT2D eigenvalue weighted by molar-refractivity contribution is -0.197. The van der Waals surface area contributed by atoms with Crippen LogP contribution in [0.3, 0.4) is 0 Å². The van der Waals surface area contributed by atoms with Gasteiger partial charge in [0.1, 0.15) is 0 Å². The van der Waals surface area contributed by atoms with Gasteiger partial charge in [-0.1, -0.05) is 26.0 Å². The lowest BCUT2D eigenvalue weighted by Crippen LogP contribution is -2.39. The Balaban J connectivity index is 2.48. The van der Waals surface area contributed by atoms with Gasteiger partial charge in [-0.3, -0.25) is 0 Å². The molecule has 0 aromatic carbocycles. The van der Waals surface area contributed by atoms with Gasteiger partial charge in [-0.15, -0.1) is 0 Å². The summed E-state index contributed by atoms with van der Waals surface area (Å²) in [6.07, 6.45) is 3.70. The van der Waals surface area contributed by atoms with Crippen molar-refractivity contribution in [2.75, 3.05) is 6.79 Å². The number of rotatable bonds is 7. The Hall–Kier alpha value is -1.66. The van der Waals surface area contributed by atoms with Gasteiger partial charge in [0.05, 0.1) is 6.10 Å². The van der Waals surface area contributed by atoms with Gasteiger partial charge < -0.3 is 19.3 Å². The van der Waals surface area contributed by atoms with Gasteiger partial charge in [-0.2, -0.15) is 0 Å². The van der Waals surface area contributed by atoms with E-state index in [1.807, 2.05) is 0 Å². The van der Waals surface area contributed by atoms with Crippen LogP contribution in [0, 0.1) is 5.92 Å². The Morgan fingerprint density at radius 1 is 1.20 bits per heavy atom. The van der Waals surface area contributed by atoms with Gasteiger partial charge in [0.2, 0.25) is 6.29 Å². The number of carbonyl (C=O) groups is 2. The lowest BCUT2D eigenvalue weighted by Gasteiger charge is -2.33. The number of esters is 2. The van der Waals surface area contributed by atoms with E-state index >= 15 is 0 Å². The van der Waals surface area contributed by atoms with E-state index in [1.54, 1.807) is 0 Å². The Labute approximate surface area is 118 Å². The highest BCUT2D eigenvalue weighted by atomic mass is 16.7. The van der Waals surface area contributed by atoms with Gasteiger partial charge in [-0.25, -0.2) is 9.59 Å². The number of aliphatic hydroxyl groups is 1. The number of hydrogen-bond donors (Lipinski definition) is 1. The van der Waals surface area contributed by atoms with Crippen molar-refractivity contribution in [1.82, 2.24) is 0 Å². The smallest absolute Gasteiger partial charge is 0.332 e. The second-order valence-electron chi connectivity index (χ2n) is 4.47. The van der Waals surface area contributed by atoms with E-state index in [2.05, 4.69) is 13.2 Å². The Morgan fingerprint density at radius 2 is 1.85 bits per heavy atom. The second kappa shape index (κ2) is 8.50. The summed E-state index contributed by atoms with van der Waals surface area (Å²) >= 11 is 0. The van der Waals surface area contributed by atoms with Crippen molar-refractivity contribution in [3.05, 3.63) is 25.3 Å². The molecule has 3 atom stereocenters. The molecule has 112 valence electrons. The number of hydrogen-bond acceptors (Lipinski definition) is 6. The molecular weight excluding hydrogens is 264 g/mol. The van der Waals surface area contributed by atoms with Crippen molar-refractivity contribution in [1.29, 1.82) is 0 Å². The Bertz CT molecular complexity index is 365. The maximum atomic E-state index is 11.1. The van der Waals surface area contributed by atoms with E-state index in [1.165, 1.54) is 0 Å². The molecule has 0 heterocycles. The first kappa shape index (κ1) is 16.4. The van der Waals surface area contributed by atoms with Crippen molar-refractivity contribution in [2.24, 2.45) is 5.92 Å². The van der Waals surface area contributed by atoms with Crippen molar-refractivity contribution >= 4 is 11.9 Å². The summed E-state index contributed by atoms with van der Waals surface area (Å²) < 4.78 is 15.0. The molecule has 1 aliphatic carbocycles. The molecule has 1 fully saturated rings. The van der Waals surface area contributed by atoms with Crippen molar-refractivity contribution in [3.8, 4) is 0 Å². The summed E-state index contributed by atoms with van der Waals surface area (Å²) in [5.41, 5.74) is 0. The molecule has 6 heteroatoms. The van der Waals surface area contributed by atoms with Gasteiger partial charge in [0, 0.05) is 18.1 Å². The average molecular weight is 284 g/mol. The van der Waals surface area contributed by atoms with E-state index in [9.17, 15) is 14.7 Å². The zero-order chi connectivity index (χ0) is 15.0. The zero-order valence-electron chi connectivity index (χ0n) is 11.3. The molecule has 1 rings (SSSR count). The summed E-state index contributed by atoms with van der Waals surface area (Å²) in [4.78, 5) is 22.0. The van der Waals surface area contributed by atoms with Crippen molar-refractivity contribution < 1.29 is 28.9 Å². The quantitative estimate of drug-likeness (QED) is 0.431. The minimum absolute atomic E-state index is 0.214. The fourth-order valence-electron chi connectivity index (χ4n) is 2.15. The van der Waals surface area contributed by atoms with Gasteiger partial charge in [0.15, 0.2) is 6.79 Å². The summed E-state index contributed by atoms with van der Waals surface area (Å²) in [5.74, 6) is -1.59. The molecule has 0 spiro atoms. The van der Waals surface area contributed by atoms with E-state index in [0.717, 1.165) is 25.0 Å². The van der Waals surface area contributed by atoms with Crippen LogP contribution >= 0.6 is 0 Å². The van der Waals surface area contributed by atoms with Crippen LogP contribution in [-0.4, -0.2) is 36.2 Å². The molecule has 1 aliphatic rings. The summed E-state index contributed by atoms with van der Waals surface area (Å²) in [7, 11) is 0. The molecule has 1 N–H and O–H groups in total. The van der Waals surface area contributed by atoms with Gasteiger partial charge in [0.25, 0.3) is 0 Å². The topological polar surface area (TPSA) is 82.1 Å². The van der Waals surface area contributed by atoms with Crippen LogP contribution in [-0.2, 0) is 23.8 Å². The molecule has 0 aromatic heterocycles. The summed E-state index contributed by atoms with van der Waals surface area (Å²) in [6, 6.07) is 0. The minimum atomic E-state index is -1.25. The highest BCUT2D eigenvalue weighted by molar-refractivity contribution is 5.81. The third-order valence-corrected chi connectivity index (χ3v) is 3.17. The summed E-state index contributed by atoms with van der Waals surface area (Å²) in [5, 5.41) is 9.91. The van der Waals surface area contributed by atoms with E-state index < -0.39 is 18.2 Å². The van der Waals surface area contributed by atoms with Crippen LogP contribution < -0.4 is 0 Å². The van der Waals surface area contributed by atoms with E-state index in [4.69, 9.17) is 14.2 Å². The SMILES string of the molecule is C=CC(=O)OCOC1CCCCC1C(O)OC(=O)C=C. The largest absolute Gasteiger partial charge is 0.435 e. The molecule has 0 aromatic rings.